The number of amides is 1. The summed E-state index contributed by atoms with van der Waals surface area (Å²) in [6.07, 6.45) is 7.79. The fraction of sp³-hybridized carbons (Fsp3) is 0.391. The van der Waals surface area contributed by atoms with Crippen molar-refractivity contribution in [1.82, 2.24) is 40.5 Å². The second-order valence-corrected chi connectivity index (χ2v) is 8.54. The van der Waals surface area contributed by atoms with E-state index < -0.39 is 0 Å². The Morgan fingerprint density at radius 1 is 1.24 bits per heavy atom. The molecule has 0 spiro atoms. The molecule has 0 bridgehead atoms. The molecule has 0 radical (unpaired) electrons. The number of hydrogen-bond acceptors (Lipinski definition) is 6. The molecule has 5 rings (SSSR count). The van der Waals surface area contributed by atoms with Crippen molar-refractivity contribution in [3.63, 3.8) is 0 Å². The molecule has 1 fully saturated rings. The van der Waals surface area contributed by atoms with E-state index in [-0.39, 0.29) is 17.4 Å². The molecule has 4 aromatic heterocycles. The number of nitrogens with zero attached hydrogens (tertiary/aromatic N) is 6. The summed E-state index contributed by atoms with van der Waals surface area (Å²) in [5.41, 5.74) is 4.09. The molecule has 1 saturated carbocycles. The molecule has 0 aromatic carbocycles. The predicted molar refractivity (Wildman–Crippen MR) is 119 cm³/mol. The normalized spacial score (nSPS) is 13.5. The van der Waals surface area contributed by atoms with Gasteiger partial charge >= 0.3 is 0 Å². The third kappa shape index (κ3) is 4.89. The zero-order chi connectivity index (χ0) is 22.8. The lowest BCUT2D eigenvalue weighted by molar-refractivity contribution is 0.0945. The molecule has 1 aliphatic carbocycles. The van der Waals surface area contributed by atoms with E-state index in [0.717, 1.165) is 42.6 Å². The van der Waals surface area contributed by atoms with Crippen molar-refractivity contribution in [2.24, 2.45) is 0 Å². The van der Waals surface area contributed by atoms with Crippen molar-refractivity contribution < 1.29 is 9.18 Å². The number of unbranched alkanes of at least 4 members (excludes halogenated alkanes) is 1. The predicted octanol–water partition coefficient (Wildman–Crippen LogP) is 3.22. The zero-order valence-corrected chi connectivity index (χ0v) is 18.4. The smallest absolute Gasteiger partial charge is 0.273 e. The number of aryl methyl sites for hydroxylation is 3. The number of aromatic amines is 1. The monoisotopic (exact) mass is 448 g/mol. The van der Waals surface area contributed by atoms with Crippen molar-refractivity contribution >= 4 is 16.9 Å². The first kappa shape index (κ1) is 21.2. The number of fused-ring (bicyclic) bond motifs is 1. The molecule has 0 aliphatic heterocycles. The Hall–Kier alpha value is -3.69. The van der Waals surface area contributed by atoms with E-state index in [1.54, 1.807) is 23.1 Å². The van der Waals surface area contributed by atoms with Gasteiger partial charge in [-0.25, -0.2) is 4.39 Å². The molecule has 33 heavy (non-hydrogen) atoms. The molecule has 170 valence electrons. The minimum absolute atomic E-state index is 0.185. The van der Waals surface area contributed by atoms with Crippen molar-refractivity contribution in [3.8, 4) is 0 Å². The Balaban J connectivity index is 1.09. The van der Waals surface area contributed by atoms with Crippen LogP contribution in [0, 0.1) is 12.7 Å². The minimum atomic E-state index is -0.274. The van der Waals surface area contributed by atoms with E-state index in [0.29, 0.717) is 42.2 Å². The van der Waals surface area contributed by atoms with Gasteiger partial charge in [-0.15, -0.1) is 10.2 Å². The molecule has 1 amide bonds. The van der Waals surface area contributed by atoms with Gasteiger partial charge in [-0.05, 0) is 56.7 Å². The Morgan fingerprint density at radius 2 is 2.12 bits per heavy atom. The van der Waals surface area contributed by atoms with E-state index in [4.69, 9.17) is 0 Å². The van der Waals surface area contributed by atoms with Crippen LogP contribution in [0.15, 0.2) is 30.6 Å². The van der Waals surface area contributed by atoms with Gasteiger partial charge in [0.2, 0.25) is 0 Å². The number of carbonyl (C=O) groups excluding carboxylic acids is 1. The Kier molecular flexibility index (Phi) is 5.80. The summed E-state index contributed by atoms with van der Waals surface area (Å²) in [6.45, 7) is 2.93. The highest BCUT2D eigenvalue weighted by Crippen LogP contribution is 2.42. The van der Waals surface area contributed by atoms with Crippen LogP contribution in [0.3, 0.4) is 0 Å². The van der Waals surface area contributed by atoms with Gasteiger partial charge in [0.05, 0.1) is 23.0 Å². The highest BCUT2D eigenvalue weighted by atomic mass is 19.1. The zero-order valence-electron chi connectivity index (χ0n) is 18.4. The van der Waals surface area contributed by atoms with Gasteiger partial charge in [-0.1, -0.05) is 11.3 Å². The maximum atomic E-state index is 14.6. The number of pyridine rings is 1. The molecule has 10 heteroatoms. The summed E-state index contributed by atoms with van der Waals surface area (Å²) >= 11 is 0. The van der Waals surface area contributed by atoms with Crippen molar-refractivity contribution in [1.29, 1.82) is 0 Å². The molecule has 0 unspecified atom stereocenters. The number of halogens is 1. The largest absolute Gasteiger partial charge is 0.346 e. The number of nitrogens with one attached hydrogen (secondary N) is 2. The summed E-state index contributed by atoms with van der Waals surface area (Å²) in [5, 5.41) is 19.7. The molecular weight excluding hydrogens is 423 g/mol. The van der Waals surface area contributed by atoms with Crippen LogP contribution in [0.2, 0.25) is 0 Å². The van der Waals surface area contributed by atoms with Gasteiger partial charge < -0.3 is 10.3 Å². The number of rotatable bonds is 9. The standard InChI is InChI=1S/C23H25FN8O/c1-14-5-6-15(11-25-14)12-26-23(33)19-13-32(31-29-19)9-3-2-4-17-10-18-20(24)21(16-7-8-16)27-22(18)30-28-17/h5-6,10-11,13,16H,2-4,7-9,12H2,1H3,(H,26,33)(H,27,30). The van der Waals surface area contributed by atoms with E-state index >= 15 is 0 Å². The molecular formula is C23H25FN8O. The quantitative estimate of drug-likeness (QED) is 0.380. The van der Waals surface area contributed by atoms with Crippen LogP contribution in [0.4, 0.5) is 4.39 Å². The average Bonchev–Trinajstić information content (AvgIpc) is 3.47. The summed E-state index contributed by atoms with van der Waals surface area (Å²) in [7, 11) is 0. The van der Waals surface area contributed by atoms with E-state index in [9.17, 15) is 9.18 Å². The lowest BCUT2D eigenvalue weighted by atomic mass is 10.1. The second-order valence-electron chi connectivity index (χ2n) is 8.54. The van der Waals surface area contributed by atoms with E-state index in [1.807, 2.05) is 19.1 Å². The van der Waals surface area contributed by atoms with Gasteiger partial charge in [0, 0.05) is 30.9 Å². The minimum Gasteiger partial charge on any atom is -0.346 e. The van der Waals surface area contributed by atoms with Crippen LogP contribution in [-0.2, 0) is 19.5 Å². The molecule has 0 saturated heterocycles. The maximum Gasteiger partial charge on any atom is 0.273 e. The number of H-pyrrole nitrogens is 1. The lowest BCUT2D eigenvalue weighted by Gasteiger charge is -2.03. The van der Waals surface area contributed by atoms with E-state index in [1.165, 1.54) is 0 Å². The Morgan fingerprint density at radius 3 is 2.91 bits per heavy atom. The van der Waals surface area contributed by atoms with Crippen LogP contribution >= 0.6 is 0 Å². The van der Waals surface area contributed by atoms with Gasteiger partial charge in [-0.3, -0.25) is 14.5 Å². The van der Waals surface area contributed by atoms with Crippen LogP contribution < -0.4 is 5.32 Å². The number of aromatic nitrogens is 7. The molecule has 2 N–H and O–H groups in total. The summed E-state index contributed by atoms with van der Waals surface area (Å²) in [4.78, 5) is 19.6. The fourth-order valence-corrected chi connectivity index (χ4v) is 3.76. The van der Waals surface area contributed by atoms with Crippen molar-refractivity contribution in [2.45, 2.75) is 58.0 Å². The third-order valence-electron chi connectivity index (χ3n) is 5.82. The number of hydrogen-bond donors (Lipinski definition) is 2. The van der Waals surface area contributed by atoms with E-state index in [2.05, 4.69) is 35.8 Å². The van der Waals surface area contributed by atoms with Crippen LogP contribution in [-0.4, -0.2) is 41.1 Å². The first-order chi connectivity index (χ1) is 16.1. The van der Waals surface area contributed by atoms with Gasteiger partial charge in [0.15, 0.2) is 17.2 Å². The van der Waals surface area contributed by atoms with Gasteiger partial charge in [0.25, 0.3) is 5.91 Å². The highest BCUT2D eigenvalue weighted by Gasteiger charge is 2.29. The SMILES string of the molecule is Cc1ccc(CNC(=O)c2cn(CCCCc3cc4c(F)c(C5CC5)[nH]c4nn3)nn2)cn1. The highest BCUT2D eigenvalue weighted by molar-refractivity contribution is 5.91. The second kappa shape index (κ2) is 9.05. The van der Waals surface area contributed by atoms with Crippen LogP contribution in [0.1, 0.15) is 64.7 Å². The number of carbonyl (C=O) groups is 1. The molecule has 9 nitrogen and oxygen atoms in total. The molecule has 0 atom stereocenters. The van der Waals surface area contributed by atoms with Crippen LogP contribution in [0.5, 0.6) is 0 Å². The fourth-order valence-electron chi connectivity index (χ4n) is 3.76. The lowest BCUT2D eigenvalue weighted by Crippen LogP contribution is -2.23. The van der Waals surface area contributed by atoms with Gasteiger partial charge in [0.1, 0.15) is 0 Å². The maximum absolute atomic E-state index is 14.6. The van der Waals surface area contributed by atoms with Crippen molar-refractivity contribution in [3.05, 3.63) is 64.7 Å². The summed E-state index contributed by atoms with van der Waals surface area (Å²) in [6, 6.07) is 5.63. The van der Waals surface area contributed by atoms with Crippen molar-refractivity contribution in [2.75, 3.05) is 0 Å². The first-order valence-corrected chi connectivity index (χ1v) is 11.2. The van der Waals surface area contributed by atoms with Gasteiger partial charge in [-0.2, -0.15) is 5.10 Å². The summed E-state index contributed by atoms with van der Waals surface area (Å²) in [5.74, 6) is -0.155. The first-order valence-electron chi connectivity index (χ1n) is 11.2. The summed E-state index contributed by atoms with van der Waals surface area (Å²) < 4.78 is 16.2. The topological polar surface area (TPSA) is 114 Å². The Labute approximate surface area is 189 Å². The third-order valence-corrected chi connectivity index (χ3v) is 5.82. The van der Waals surface area contributed by atoms with Crippen LogP contribution in [0.25, 0.3) is 11.0 Å². The molecule has 1 aliphatic rings. The average molecular weight is 449 g/mol. The molecule has 4 heterocycles. The Bertz CT molecular complexity index is 1280. The molecule has 4 aromatic rings.